The monoisotopic (exact) mass is 530 g/mol. The summed E-state index contributed by atoms with van der Waals surface area (Å²) in [6.45, 7) is 4.65. The summed E-state index contributed by atoms with van der Waals surface area (Å²) in [5.74, 6) is 0.480. The number of amides is 1. The lowest BCUT2D eigenvalue weighted by atomic mass is 9.90. The Morgan fingerprint density at radius 2 is 1.74 bits per heavy atom. The first-order valence-electron chi connectivity index (χ1n) is 15.0. The van der Waals surface area contributed by atoms with E-state index in [2.05, 4.69) is 47.4 Å². The first kappa shape index (κ1) is 26.5. The number of benzene rings is 2. The molecule has 6 nitrogen and oxygen atoms in total. The number of unbranched alkanes of at least 4 members (excludes halogenated alkanes) is 1. The molecule has 1 amide bonds. The third kappa shape index (κ3) is 5.93. The first-order chi connectivity index (χ1) is 19.2. The molecule has 208 valence electrons. The predicted molar refractivity (Wildman–Crippen MR) is 152 cm³/mol. The maximum absolute atomic E-state index is 13.7. The van der Waals surface area contributed by atoms with Gasteiger partial charge in [-0.25, -0.2) is 0 Å². The third-order valence-corrected chi connectivity index (χ3v) is 9.03. The van der Waals surface area contributed by atoms with Crippen LogP contribution in [0.25, 0.3) is 11.1 Å². The van der Waals surface area contributed by atoms with E-state index in [-0.39, 0.29) is 18.4 Å². The fraction of sp³-hybridized carbons (Fsp3) is 0.545. The van der Waals surface area contributed by atoms with Crippen molar-refractivity contribution in [2.75, 3.05) is 39.4 Å². The van der Waals surface area contributed by atoms with E-state index in [1.807, 2.05) is 11.0 Å². The largest absolute Gasteiger partial charge is 0.459 e. The molecule has 0 unspecified atom stereocenters. The highest BCUT2D eigenvalue weighted by molar-refractivity contribution is 5.92. The number of allylic oxidation sites excluding steroid dienone is 1. The smallest absolute Gasteiger partial charge is 0.288 e. The molecule has 0 aromatic heterocycles. The Morgan fingerprint density at radius 3 is 2.56 bits per heavy atom. The van der Waals surface area contributed by atoms with Crippen molar-refractivity contribution in [1.29, 1.82) is 0 Å². The minimum atomic E-state index is -0.464. The van der Waals surface area contributed by atoms with Gasteiger partial charge >= 0.3 is 0 Å². The summed E-state index contributed by atoms with van der Waals surface area (Å²) < 4.78 is 12.3. The summed E-state index contributed by atoms with van der Waals surface area (Å²) in [7, 11) is 0. The maximum atomic E-state index is 13.7. The fourth-order valence-corrected chi connectivity index (χ4v) is 6.84. The lowest BCUT2D eigenvalue weighted by Crippen LogP contribution is -2.49. The number of nitrogens with zero attached hydrogens (tertiary/aromatic N) is 2. The van der Waals surface area contributed by atoms with E-state index in [9.17, 15) is 4.79 Å². The standard InChI is InChI=1S/C33H42N2O4/c36-18-6-7-19-38-32-23-26(24-10-11-30-27(20-24)21-25-8-2-3-9-29(25)30)22-31(39-32)33(37)35-16-12-28(13-17-35)34-14-4-1-5-15-34/h2-3,8-11,20,22,26,28,32,36H,1,4-7,12-19,21,23H2/t26-,32+/m1/s1. The van der Waals surface area contributed by atoms with E-state index >= 15 is 0 Å². The summed E-state index contributed by atoms with van der Waals surface area (Å²) in [5.41, 5.74) is 6.58. The van der Waals surface area contributed by atoms with Crippen LogP contribution >= 0.6 is 0 Å². The van der Waals surface area contributed by atoms with Crippen LogP contribution in [0.15, 0.2) is 54.3 Å². The number of hydrogen-bond acceptors (Lipinski definition) is 5. The van der Waals surface area contributed by atoms with Crippen molar-refractivity contribution in [1.82, 2.24) is 9.80 Å². The zero-order valence-corrected chi connectivity index (χ0v) is 23.0. The van der Waals surface area contributed by atoms with Gasteiger partial charge in [-0.15, -0.1) is 0 Å². The Labute approximate surface area is 232 Å². The summed E-state index contributed by atoms with van der Waals surface area (Å²) in [6, 6.07) is 16.0. The highest BCUT2D eigenvalue weighted by Gasteiger charge is 2.34. The van der Waals surface area contributed by atoms with Crippen molar-refractivity contribution in [2.45, 2.75) is 76.0 Å². The van der Waals surface area contributed by atoms with Gasteiger partial charge < -0.3 is 24.4 Å². The van der Waals surface area contributed by atoms with Gasteiger partial charge in [0.15, 0.2) is 5.76 Å². The Kier molecular flexibility index (Phi) is 8.33. The highest BCUT2D eigenvalue weighted by atomic mass is 16.7. The molecule has 0 bridgehead atoms. The van der Waals surface area contributed by atoms with Crippen LogP contribution in [0.4, 0.5) is 0 Å². The van der Waals surface area contributed by atoms with E-state index in [0.717, 1.165) is 38.8 Å². The molecule has 1 aliphatic carbocycles. The fourth-order valence-electron chi connectivity index (χ4n) is 6.84. The van der Waals surface area contributed by atoms with E-state index in [0.29, 0.717) is 31.2 Å². The molecule has 0 radical (unpaired) electrons. The average molecular weight is 531 g/mol. The average Bonchev–Trinajstić information content (AvgIpc) is 3.37. The van der Waals surface area contributed by atoms with Crippen LogP contribution in [0, 0.1) is 0 Å². The first-order valence-corrected chi connectivity index (χ1v) is 15.0. The number of piperidine rings is 2. The zero-order chi connectivity index (χ0) is 26.6. The molecular weight excluding hydrogens is 488 g/mol. The second-order valence-electron chi connectivity index (χ2n) is 11.6. The van der Waals surface area contributed by atoms with E-state index in [4.69, 9.17) is 14.6 Å². The highest BCUT2D eigenvalue weighted by Crippen LogP contribution is 2.40. The number of aliphatic hydroxyl groups is 1. The Bertz CT molecular complexity index is 1180. The number of fused-ring (bicyclic) bond motifs is 3. The van der Waals surface area contributed by atoms with Gasteiger partial charge in [-0.1, -0.05) is 48.9 Å². The number of rotatable bonds is 8. The molecule has 0 spiro atoms. The van der Waals surface area contributed by atoms with Gasteiger partial charge in [0.05, 0.1) is 6.61 Å². The number of ether oxygens (including phenoxy) is 2. The molecule has 1 N–H and O–H groups in total. The van der Waals surface area contributed by atoms with Crippen LogP contribution in [0.5, 0.6) is 0 Å². The second-order valence-corrected chi connectivity index (χ2v) is 11.6. The lowest BCUT2D eigenvalue weighted by molar-refractivity contribution is -0.153. The molecule has 3 heterocycles. The molecule has 3 aliphatic heterocycles. The SMILES string of the molecule is O=C(C1=C[C@@H](c2ccc3c(c2)Cc2ccccc2-3)C[C@@H](OCCCCO)O1)N1CCC(N2CCCCC2)CC1. The molecule has 4 aliphatic rings. The van der Waals surface area contributed by atoms with E-state index in [1.54, 1.807) is 0 Å². The molecule has 2 aromatic rings. The molecule has 39 heavy (non-hydrogen) atoms. The van der Waals surface area contributed by atoms with Crippen LogP contribution in [0.3, 0.4) is 0 Å². The molecule has 6 heteroatoms. The third-order valence-electron chi connectivity index (χ3n) is 9.03. The molecule has 0 saturated carbocycles. The van der Waals surface area contributed by atoms with Gasteiger partial charge in [0.25, 0.3) is 5.91 Å². The molecule has 2 aromatic carbocycles. The lowest BCUT2D eigenvalue weighted by Gasteiger charge is -2.40. The number of carbonyl (C=O) groups is 1. The Balaban J connectivity index is 1.17. The maximum Gasteiger partial charge on any atom is 0.288 e. The summed E-state index contributed by atoms with van der Waals surface area (Å²) in [4.78, 5) is 18.3. The molecular formula is C33H42N2O4. The van der Waals surface area contributed by atoms with Crippen molar-refractivity contribution >= 4 is 5.91 Å². The van der Waals surface area contributed by atoms with Crippen molar-refractivity contribution in [3.8, 4) is 11.1 Å². The molecule has 2 atom stereocenters. The van der Waals surface area contributed by atoms with Gasteiger partial charge in [0, 0.05) is 38.1 Å². The quantitative estimate of drug-likeness (QED) is 0.404. The van der Waals surface area contributed by atoms with Crippen molar-refractivity contribution < 1.29 is 19.4 Å². The van der Waals surface area contributed by atoms with Crippen LogP contribution in [0.1, 0.15) is 74.0 Å². The van der Waals surface area contributed by atoms with Crippen LogP contribution in [-0.2, 0) is 20.7 Å². The van der Waals surface area contributed by atoms with Crippen molar-refractivity contribution in [3.05, 3.63) is 71.0 Å². The van der Waals surface area contributed by atoms with Crippen LogP contribution in [0.2, 0.25) is 0 Å². The topological polar surface area (TPSA) is 62.2 Å². The molecule has 6 rings (SSSR count). The van der Waals surface area contributed by atoms with Crippen LogP contribution < -0.4 is 0 Å². The number of aliphatic hydroxyl groups excluding tert-OH is 1. The van der Waals surface area contributed by atoms with Crippen molar-refractivity contribution in [2.24, 2.45) is 0 Å². The van der Waals surface area contributed by atoms with Gasteiger partial charge in [0.1, 0.15) is 0 Å². The molecule has 2 fully saturated rings. The number of carbonyl (C=O) groups excluding carboxylic acids is 1. The van der Waals surface area contributed by atoms with Gasteiger partial charge in [-0.3, -0.25) is 4.79 Å². The predicted octanol–water partition coefficient (Wildman–Crippen LogP) is 5.24. The molecule has 2 saturated heterocycles. The van der Waals surface area contributed by atoms with Gasteiger partial charge in [-0.05, 0) is 91.9 Å². The van der Waals surface area contributed by atoms with Gasteiger partial charge in [0.2, 0.25) is 6.29 Å². The zero-order valence-electron chi connectivity index (χ0n) is 23.0. The van der Waals surface area contributed by atoms with E-state index < -0.39 is 6.29 Å². The Morgan fingerprint density at radius 1 is 0.949 bits per heavy atom. The van der Waals surface area contributed by atoms with Crippen molar-refractivity contribution in [3.63, 3.8) is 0 Å². The van der Waals surface area contributed by atoms with E-state index in [1.165, 1.54) is 60.2 Å². The minimum Gasteiger partial charge on any atom is -0.459 e. The number of hydrogen-bond donors (Lipinski definition) is 1. The second kappa shape index (κ2) is 12.2. The summed E-state index contributed by atoms with van der Waals surface area (Å²) >= 11 is 0. The van der Waals surface area contributed by atoms with Gasteiger partial charge in [-0.2, -0.15) is 0 Å². The minimum absolute atomic E-state index is 0.00526. The summed E-state index contributed by atoms with van der Waals surface area (Å²) in [6.07, 6.45) is 10.7. The summed E-state index contributed by atoms with van der Waals surface area (Å²) in [5, 5.41) is 9.15. The normalized spacial score (nSPS) is 23.6. The van der Waals surface area contributed by atoms with Crippen LogP contribution in [-0.4, -0.2) is 72.5 Å². The number of likely N-dealkylation sites (tertiary alicyclic amines) is 2. The Hall–Kier alpha value is -2.67.